The van der Waals surface area contributed by atoms with E-state index in [9.17, 15) is 0 Å². The third kappa shape index (κ3) is 1.56. The van der Waals surface area contributed by atoms with E-state index in [0.717, 1.165) is 10.8 Å². The van der Waals surface area contributed by atoms with Crippen LogP contribution in [0.2, 0.25) is 0 Å². The highest BCUT2D eigenvalue weighted by Gasteiger charge is 2.31. The van der Waals surface area contributed by atoms with Gasteiger partial charge in [0.05, 0.1) is 6.07 Å². The molecule has 0 atom stereocenters. The summed E-state index contributed by atoms with van der Waals surface area (Å²) in [7, 11) is 0. The normalized spacial score (nSPS) is 17.0. The maximum absolute atomic E-state index is 8.90. The van der Waals surface area contributed by atoms with E-state index < -0.39 is 5.41 Å². The Kier molecular flexibility index (Phi) is 1.85. The molecule has 0 N–H and O–H groups in total. The Morgan fingerprint density at radius 1 is 1.54 bits per heavy atom. The largest absolute Gasteiger partial charge is 0.223 e. The van der Waals surface area contributed by atoms with Gasteiger partial charge in [0.2, 0.25) is 0 Å². The monoisotopic (exact) mass is 193 g/mol. The lowest BCUT2D eigenvalue weighted by molar-refractivity contribution is 0.675. The van der Waals surface area contributed by atoms with Crippen LogP contribution in [0.3, 0.4) is 0 Å². The summed E-state index contributed by atoms with van der Waals surface area (Å²) in [6, 6.07) is 2.24. The van der Waals surface area contributed by atoms with Crippen LogP contribution in [0.25, 0.3) is 0 Å². The van der Waals surface area contributed by atoms with Gasteiger partial charge in [0, 0.05) is 5.92 Å². The lowest BCUT2D eigenvalue weighted by atomic mass is 9.97. The molecular weight excluding hydrogens is 182 g/mol. The molecule has 1 aromatic rings. The van der Waals surface area contributed by atoms with Crippen LogP contribution in [0.5, 0.6) is 0 Å². The van der Waals surface area contributed by atoms with Crippen molar-refractivity contribution >= 4 is 11.5 Å². The van der Waals surface area contributed by atoms with E-state index in [4.69, 9.17) is 5.26 Å². The molecule has 68 valence electrons. The molecular formula is C9H11N3S. The highest BCUT2D eigenvalue weighted by molar-refractivity contribution is 7.05. The van der Waals surface area contributed by atoms with Crippen molar-refractivity contribution in [1.29, 1.82) is 5.26 Å². The molecule has 3 nitrogen and oxygen atoms in total. The fraction of sp³-hybridized carbons (Fsp3) is 0.667. The third-order valence-corrected chi connectivity index (χ3v) is 3.25. The minimum absolute atomic E-state index is 0.481. The van der Waals surface area contributed by atoms with Gasteiger partial charge in [-0.1, -0.05) is 0 Å². The average Bonchev–Trinajstić information content (AvgIpc) is 2.83. The van der Waals surface area contributed by atoms with Crippen molar-refractivity contribution < 1.29 is 0 Å². The molecule has 0 unspecified atom stereocenters. The Morgan fingerprint density at radius 2 is 2.23 bits per heavy atom. The van der Waals surface area contributed by atoms with Crippen LogP contribution in [0.15, 0.2) is 0 Å². The number of nitrogens with zero attached hydrogens (tertiary/aromatic N) is 3. The van der Waals surface area contributed by atoms with E-state index in [2.05, 4.69) is 15.4 Å². The van der Waals surface area contributed by atoms with Crippen molar-refractivity contribution in [3.63, 3.8) is 0 Å². The Labute approximate surface area is 81.6 Å². The molecule has 1 aromatic heterocycles. The summed E-state index contributed by atoms with van der Waals surface area (Å²) < 4.78 is 4.27. The quantitative estimate of drug-likeness (QED) is 0.723. The SMILES string of the molecule is CC(C)(C#N)c1nc(C2CC2)ns1. The van der Waals surface area contributed by atoms with Crippen molar-refractivity contribution in [2.45, 2.75) is 38.0 Å². The Bertz CT molecular complexity index is 357. The molecule has 0 radical (unpaired) electrons. The molecule has 1 aliphatic rings. The molecule has 1 fully saturated rings. The molecule has 0 spiro atoms. The van der Waals surface area contributed by atoms with Crippen molar-refractivity contribution in [3.8, 4) is 6.07 Å². The second kappa shape index (κ2) is 2.78. The predicted octanol–water partition coefficient (Wildman–Crippen LogP) is 2.22. The van der Waals surface area contributed by atoms with Crippen LogP contribution in [-0.2, 0) is 5.41 Å². The van der Waals surface area contributed by atoms with Crippen LogP contribution in [0, 0.1) is 11.3 Å². The van der Waals surface area contributed by atoms with Gasteiger partial charge >= 0.3 is 0 Å². The Morgan fingerprint density at radius 3 is 2.77 bits per heavy atom. The standard InChI is InChI=1S/C9H11N3S/c1-9(2,5-10)8-11-7(12-13-8)6-3-4-6/h6H,3-4H2,1-2H3. The molecule has 0 aromatic carbocycles. The molecule has 0 bridgehead atoms. The molecule has 0 amide bonds. The number of hydrogen-bond donors (Lipinski definition) is 0. The highest BCUT2D eigenvalue weighted by atomic mass is 32.1. The Balaban J connectivity index is 2.27. The zero-order valence-corrected chi connectivity index (χ0v) is 8.56. The summed E-state index contributed by atoms with van der Waals surface area (Å²) >= 11 is 1.37. The lowest BCUT2D eigenvalue weighted by Crippen LogP contribution is -2.13. The number of aromatic nitrogens is 2. The van der Waals surface area contributed by atoms with Crippen molar-refractivity contribution in [1.82, 2.24) is 9.36 Å². The maximum Gasteiger partial charge on any atom is 0.145 e. The summed E-state index contributed by atoms with van der Waals surface area (Å²) in [6.07, 6.45) is 2.42. The van der Waals surface area contributed by atoms with Crippen LogP contribution in [-0.4, -0.2) is 9.36 Å². The molecule has 1 saturated carbocycles. The van der Waals surface area contributed by atoms with Crippen LogP contribution < -0.4 is 0 Å². The first-order valence-corrected chi connectivity index (χ1v) is 5.16. The van der Waals surface area contributed by atoms with E-state index >= 15 is 0 Å². The highest BCUT2D eigenvalue weighted by Crippen LogP contribution is 2.39. The van der Waals surface area contributed by atoms with Crippen molar-refractivity contribution in [3.05, 3.63) is 10.8 Å². The van der Waals surface area contributed by atoms with Crippen molar-refractivity contribution in [2.24, 2.45) is 0 Å². The van der Waals surface area contributed by atoms with Gasteiger partial charge in [-0.05, 0) is 38.2 Å². The molecule has 0 saturated heterocycles. The maximum atomic E-state index is 8.90. The zero-order chi connectivity index (χ0) is 9.47. The fourth-order valence-electron chi connectivity index (χ4n) is 1.04. The summed E-state index contributed by atoms with van der Waals surface area (Å²) in [4.78, 5) is 4.40. The number of nitriles is 1. The van der Waals surface area contributed by atoms with E-state index in [1.807, 2.05) is 13.8 Å². The van der Waals surface area contributed by atoms with Gasteiger partial charge in [0.1, 0.15) is 16.2 Å². The van der Waals surface area contributed by atoms with Crippen LogP contribution in [0.1, 0.15) is 43.4 Å². The smallest absolute Gasteiger partial charge is 0.145 e. The van der Waals surface area contributed by atoms with Gasteiger partial charge in [-0.2, -0.15) is 9.64 Å². The Hall–Kier alpha value is -0.950. The van der Waals surface area contributed by atoms with Gasteiger partial charge in [0.15, 0.2) is 0 Å². The topological polar surface area (TPSA) is 49.6 Å². The summed E-state index contributed by atoms with van der Waals surface area (Å²) in [6.45, 7) is 3.76. The number of hydrogen-bond acceptors (Lipinski definition) is 4. The number of rotatable bonds is 2. The molecule has 1 heterocycles. The van der Waals surface area contributed by atoms with Gasteiger partial charge in [-0.25, -0.2) is 4.98 Å². The van der Waals surface area contributed by atoms with Gasteiger partial charge in [-0.15, -0.1) is 0 Å². The molecule has 2 rings (SSSR count). The minimum atomic E-state index is -0.481. The second-order valence-corrected chi connectivity index (χ2v) is 4.72. The summed E-state index contributed by atoms with van der Waals surface area (Å²) in [5, 5.41) is 9.74. The summed E-state index contributed by atoms with van der Waals surface area (Å²) in [5.41, 5.74) is -0.481. The van der Waals surface area contributed by atoms with Crippen molar-refractivity contribution in [2.75, 3.05) is 0 Å². The van der Waals surface area contributed by atoms with Crippen LogP contribution >= 0.6 is 11.5 Å². The van der Waals surface area contributed by atoms with Crippen LogP contribution in [0.4, 0.5) is 0 Å². The van der Waals surface area contributed by atoms with Gasteiger partial charge in [-0.3, -0.25) is 0 Å². The van der Waals surface area contributed by atoms with E-state index in [1.54, 1.807) is 0 Å². The molecule has 13 heavy (non-hydrogen) atoms. The van der Waals surface area contributed by atoms with Gasteiger partial charge < -0.3 is 0 Å². The first-order chi connectivity index (χ1) is 6.13. The van der Waals surface area contributed by atoms with E-state index in [0.29, 0.717) is 5.92 Å². The van der Waals surface area contributed by atoms with E-state index in [1.165, 1.54) is 24.4 Å². The third-order valence-electron chi connectivity index (χ3n) is 2.20. The first kappa shape index (κ1) is 8.64. The molecule has 1 aliphatic carbocycles. The summed E-state index contributed by atoms with van der Waals surface area (Å²) in [5.74, 6) is 1.53. The molecule has 4 heteroatoms. The fourth-order valence-corrected chi connectivity index (χ4v) is 1.82. The lowest BCUT2D eigenvalue weighted by Gasteiger charge is -2.08. The van der Waals surface area contributed by atoms with E-state index in [-0.39, 0.29) is 0 Å². The second-order valence-electron chi connectivity index (χ2n) is 3.97. The zero-order valence-electron chi connectivity index (χ0n) is 7.74. The average molecular weight is 193 g/mol. The minimum Gasteiger partial charge on any atom is -0.223 e. The first-order valence-electron chi connectivity index (χ1n) is 4.39. The molecule has 0 aliphatic heterocycles. The predicted molar refractivity (Wildman–Crippen MR) is 50.5 cm³/mol. The van der Waals surface area contributed by atoms with Gasteiger partial charge in [0.25, 0.3) is 0 Å².